The van der Waals surface area contributed by atoms with E-state index in [1.54, 1.807) is 4.68 Å². The molecular weight excluding hydrogens is 330 g/mol. The predicted molar refractivity (Wildman–Crippen MR) is 96.5 cm³/mol. The second kappa shape index (κ2) is 6.48. The quantitative estimate of drug-likeness (QED) is 0.718. The Hall–Kier alpha value is -2.25. The fourth-order valence-corrected chi connectivity index (χ4v) is 4.04. The summed E-state index contributed by atoms with van der Waals surface area (Å²) in [4.78, 5) is 7.16. The van der Waals surface area contributed by atoms with Gasteiger partial charge in [0.05, 0.1) is 17.1 Å². The summed E-state index contributed by atoms with van der Waals surface area (Å²) in [6, 6.07) is 8.83. The monoisotopic (exact) mass is 353 g/mol. The molecule has 7 heteroatoms. The standard InChI is InChI=1S/C19H23N5O2/c1-2-16-15-5-3-4-6-17(15)24(21-16)19-20-18(26-22-19)13-11-23(12-13)14-7-9-25-10-8-14/h3-6,13-14H,2,7-12H2,1H3. The van der Waals surface area contributed by atoms with E-state index >= 15 is 0 Å². The summed E-state index contributed by atoms with van der Waals surface area (Å²) in [5, 5.41) is 10.0. The molecule has 2 aromatic heterocycles. The lowest BCUT2D eigenvalue weighted by Gasteiger charge is -2.44. The number of fused-ring (bicyclic) bond motifs is 1. The maximum absolute atomic E-state index is 5.58. The predicted octanol–water partition coefficient (Wildman–Crippen LogP) is 2.55. The average molecular weight is 353 g/mol. The molecule has 0 amide bonds. The van der Waals surface area contributed by atoms with Crippen LogP contribution in [-0.2, 0) is 11.2 Å². The first kappa shape index (κ1) is 16.0. The number of ether oxygens (including phenoxy) is 1. The van der Waals surface area contributed by atoms with Gasteiger partial charge < -0.3 is 9.26 Å². The maximum atomic E-state index is 5.58. The Kier molecular flexibility index (Phi) is 3.98. The minimum absolute atomic E-state index is 0.326. The zero-order chi connectivity index (χ0) is 17.5. The topological polar surface area (TPSA) is 69.2 Å². The van der Waals surface area contributed by atoms with Crippen LogP contribution in [0.3, 0.4) is 0 Å². The molecule has 2 fully saturated rings. The highest BCUT2D eigenvalue weighted by molar-refractivity contribution is 5.83. The van der Waals surface area contributed by atoms with Gasteiger partial charge in [-0.3, -0.25) is 4.90 Å². The summed E-state index contributed by atoms with van der Waals surface area (Å²) in [5.74, 6) is 1.58. The largest absolute Gasteiger partial charge is 0.381 e. The summed E-state index contributed by atoms with van der Waals surface area (Å²) in [6.07, 6.45) is 3.13. The van der Waals surface area contributed by atoms with Crippen LogP contribution in [0.4, 0.5) is 0 Å². The fraction of sp³-hybridized carbons (Fsp3) is 0.526. The van der Waals surface area contributed by atoms with E-state index in [1.165, 1.54) is 0 Å². The van der Waals surface area contributed by atoms with E-state index in [0.717, 1.165) is 68.1 Å². The average Bonchev–Trinajstić information content (AvgIpc) is 3.26. The molecule has 0 unspecified atom stereocenters. The van der Waals surface area contributed by atoms with Crippen LogP contribution in [-0.4, -0.2) is 57.2 Å². The summed E-state index contributed by atoms with van der Waals surface area (Å²) >= 11 is 0. The normalized spacial score (nSPS) is 19.9. The zero-order valence-electron chi connectivity index (χ0n) is 15.0. The first-order valence-corrected chi connectivity index (χ1v) is 9.46. The molecule has 0 radical (unpaired) electrons. The van der Waals surface area contributed by atoms with E-state index < -0.39 is 0 Å². The molecule has 0 aliphatic carbocycles. The van der Waals surface area contributed by atoms with Gasteiger partial charge in [0.25, 0.3) is 5.95 Å². The summed E-state index contributed by atoms with van der Waals surface area (Å²) in [5.41, 5.74) is 2.08. The van der Waals surface area contributed by atoms with Crippen LogP contribution < -0.4 is 0 Å². The van der Waals surface area contributed by atoms with Crippen LogP contribution in [0.1, 0.15) is 37.3 Å². The highest BCUT2D eigenvalue weighted by Gasteiger charge is 2.37. The van der Waals surface area contributed by atoms with E-state index in [1.807, 2.05) is 18.2 Å². The third kappa shape index (κ3) is 2.62. The highest BCUT2D eigenvalue weighted by atomic mass is 16.5. The Labute approximate surface area is 151 Å². The molecule has 26 heavy (non-hydrogen) atoms. The first-order chi connectivity index (χ1) is 12.8. The van der Waals surface area contributed by atoms with Gasteiger partial charge in [0.15, 0.2) is 0 Å². The van der Waals surface area contributed by atoms with Gasteiger partial charge in [-0.15, -0.1) is 0 Å². The Balaban J connectivity index is 1.35. The second-order valence-corrected chi connectivity index (χ2v) is 7.16. The van der Waals surface area contributed by atoms with Gasteiger partial charge in [0.1, 0.15) is 0 Å². The Morgan fingerprint density at radius 1 is 1.15 bits per heavy atom. The minimum Gasteiger partial charge on any atom is -0.381 e. The van der Waals surface area contributed by atoms with Crippen molar-refractivity contribution in [1.29, 1.82) is 0 Å². The number of rotatable bonds is 4. The summed E-state index contributed by atoms with van der Waals surface area (Å²) in [6.45, 7) is 5.85. The van der Waals surface area contributed by atoms with E-state index in [0.29, 0.717) is 17.9 Å². The molecular formula is C19H23N5O2. The molecule has 5 rings (SSSR count). The number of aryl methyl sites for hydroxylation is 1. The van der Waals surface area contributed by atoms with Crippen LogP contribution in [0.5, 0.6) is 0 Å². The SMILES string of the molecule is CCc1nn(-c2noc(C3CN(C4CCOCC4)C3)n2)c2ccccc12. The summed E-state index contributed by atoms with van der Waals surface area (Å²) in [7, 11) is 0. The number of hydrogen-bond donors (Lipinski definition) is 0. The lowest BCUT2D eigenvalue weighted by Crippen LogP contribution is -2.52. The summed E-state index contributed by atoms with van der Waals surface area (Å²) < 4.78 is 12.8. The number of para-hydroxylation sites is 1. The molecule has 0 spiro atoms. The van der Waals surface area contributed by atoms with Crippen LogP contribution in [0, 0.1) is 0 Å². The van der Waals surface area contributed by atoms with Crippen molar-refractivity contribution in [2.75, 3.05) is 26.3 Å². The number of nitrogens with zero attached hydrogens (tertiary/aromatic N) is 5. The van der Waals surface area contributed by atoms with E-state index in [9.17, 15) is 0 Å². The number of aromatic nitrogens is 4. The molecule has 4 heterocycles. The number of hydrogen-bond acceptors (Lipinski definition) is 6. The van der Waals surface area contributed by atoms with Crippen LogP contribution in [0.2, 0.25) is 0 Å². The van der Waals surface area contributed by atoms with Crippen molar-refractivity contribution >= 4 is 10.9 Å². The lowest BCUT2D eigenvalue weighted by atomic mass is 9.94. The van der Waals surface area contributed by atoms with E-state index in [-0.39, 0.29) is 0 Å². The molecule has 1 aromatic carbocycles. The molecule has 0 atom stereocenters. The molecule has 2 aliphatic rings. The number of likely N-dealkylation sites (tertiary alicyclic amines) is 1. The van der Waals surface area contributed by atoms with Gasteiger partial charge in [-0.2, -0.15) is 14.8 Å². The van der Waals surface area contributed by atoms with Crippen molar-refractivity contribution in [2.24, 2.45) is 0 Å². The lowest BCUT2D eigenvalue weighted by molar-refractivity contribution is -0.00325. The van der Waals surface area contributed by atoms with Crippen LogP contribution >= 0.6 is 0 Å². The zero-order valence-corrected chi connectivity index (χ0v) is 15.0. The van der Waals surface area contributed by atoms with Gasteiger partial charge in [0, 0.05) is 37.7 Å². The van der Waals surface area contributed by atoms with Crippen LogP contribution in [0.25, 0.3) is 16.9 Å². The Bertz CT molecular complexity index is 906. The maximum Gasteiger partial charge on any atom is 0.291 e. The highest BCUT2D eigenvalue weighted by Crippen LogP contribution is 2.31. The smallest absolute Gasteiger partial charge is 0.291 e. The molecule has 136 valence electrons. The van der Waals surface area contributed by atoms with Crippen molar-refractivity contribution in [3.63, 3.8) is 0 Å². The fourth-order valence-electron chi connectivity index (χ4n) is 4.04. The van der Waals surface area contributed by atoms with Gasteiger partial charge in [0.2, 0.25) is 5.89 Å². The molecule has 0 N–H and O–H groups in total. The third-order valence-corrected chi connectivity index (χ3v) is 5.59. The van der Waals surface area contributed by atoms with Crippen molar-refractivity contribution in [3.8, 4) is 5.95 Å². The van der Waals surface area contributed by atoms with Crippen molar-refractivity contribution < 1.29 is 9.26 Å². The van der Waals surface area contributed by atoms with Gasteiger partial charge in [-0.25, -0.2) is 0 Å². The van der Waals surface area contributed by atoms with Crippen LogP contribution in [0.15, 0.2) is 28.8 Å². The molecule has 0 bridgehead atoms. The van der Waals surface area contributed by atoms with Crippen molar-refractivity contribution in [2.45, 2.75) is 38.1 Å². The first-order valence-electron chi connectivity index (χ1n) is 9.46. The molecule has 3 aromatic rings. The molecule has 0 saturated carbocycles. The van der Waals surface area contributed by atoms with Gasteiger partial charge in [-0.1, -0.05) is 25.1 Å². The van der Waals surface area contributed by atoms with E-state index in [2.05, 4.69) is 28.0 Å². The van der Waals surface area contributed by atoms with Crippen molar-refractivity contribution in [3.05, 3.63) is 35.9 Å². The third-order valence-electron chi connectivity index (χ3n) is 5.59. The Morgan fingerprint density at radius 3 is 2.77 bits per heavy atom. The van der Waals surface area contributed by atoms with E-state index in [4.69, 9.17) is 14.4 Å². The van der Waals surface area contributed by atoms with Gasteiger partial charge in [-0.05, 0) is 30.5 Å². The molecule has 2 saturated heterocycles. The molecule has 7 nitrogen and oxygen atoms in total. The minimum atomic E-state index is 0.326. The second-order valence-electron chi connectivity index (χ2n) is 7.16. The Morgan fingerprint density at radius 2 is 1.96 bits per heavy atom. The van der Waals surface area contributed by atoms with Crippen molar-refractivity contribution in [1.82, 2.24) is 24.8 Å². The van der Waals surface area contributed by atoms with Gasteiger partial charge >= 0.3 is 0 Å². The number of benzene rings is 1. The molecule has 2 aliphatic heterocycles.